The Morgan fingerprint density at radius 1 is 0.410 bits per heavy atom. The first-order chi connectivity index (χ1) is 30.2. The summed E-state index contributed by atoms with van der Waals surface area (Å²) in [5, 5.41) is 23.3. The van der Waals surface area contributed by atoms with E-state index in [1.54, 1.807) is 0 Å². The number of allylic oxidation sites excluding steroid dienone is 14. The van der Waals surface area contributed by atoms with Gasteiger partial charge in [0.25, 0.3) is 0 Å². The number of aliphatic hydroxyl groups excluding tert-OH is 2. The Hall–Kier alpha value is -2.43. The van der Waals surface area contributed by atoms with E-state index >= 15 is 0 Å². The summed E-state index contributed by atoms with van der Waals surface area (Å²) in [6, 6.07) is -0.542. The fourth-order valence-corrected chi connectivity index (χ4v) is 7.69. The zero-order chi connectivity index (χ0) is 44.2. The van der Waals surface area contributed by atoms with Crippen molar-refractivity contribution in [3.63, 3.8) is 0 Å². The molecule has 0 aliphatic rings. The second-order valence-electron chi connectivity index (χ2n) is 17.6. The molecule has 61 heavy (non-hydrogen) atoms. The predicted molar refractivity (Wildman–Crippen MR) is 271 cm³/mol. The van der Waals surface area contributed by atoms with Crippen molar-refractivity contribution < 1.29 is 15.0 Å². The van der Waals surface area contributed by atoms with Gasteiger partial charge >= 0.3 is 0 Å². The molecule has 0 radical (unpaired) electrons. The number of unbranched alkanes of at least 4 members (excludes halogenated alkanes) is 26. The lowest BCUT2D eigenvalue weighted by Crippen LogP contribution is -2.45. The summed E-state index contributed by atoms with van der Waals surface area (Å²) in [5.74, 6) is -0.0366. The van der Waals surface area contributed by atoms with Crippen LogP contribution in [0.1, 0.15) is 251 Å². The zero-order valence-electron chi connectivity index (χ0n) is 40.4. The number of hydrogen-bond donors (Lipinski definition) is 3. The summed E-state index contributed by atoms with van der Waals surface area (Å²) >= 11 is 0. The van der Waals surface area contributed by atoms with Gasteiger partial charge in [-0.15, -0.1) is 0 Å². The van der Waals surface area contributed by atoms with E-state index in [4.69, 9.17) is 0 Å². The van der Waals surface area contributed by atoms with Crippen LogP contribution in [0.15, 0.2) is 85.1 Å². The molecule has 4 nitrogen and oxygen atoms in total. The van der Waals surface area contributed by atoms with Crippen molar-refractivity contribution in [1.82, 2.24) is 5.32 Å². The molecule has 0 aliphatic carbocycles. The SMILES string of the molecule is CC/C=C\C/C=C\C/C=C\C/C=C\C/C=C\C/C=C\C/C=C\CCCCCCCCCCCCCC(=O)NC(CO)C(O)CCCCCCCCCCCCCCCCCC. The van der Waals surface area contributed by atoms with E-state index in [1.807, 2.05) is 0 Å². The van der Waals surface area contributed by atoms with E-state index in [9.17, 15) is 15.0 Å². The molecule has 0 spiro atoms. The molecule has 0 aromatic carbocycles. The Bertz CT molecular complexity index is 1100. The molecule has 0 aromatic heterocycles. The molecule has 4 heteroatoms. The van der Waals surface area contributed by atoms with Crippen LogP contribution in [0.2, 0.25) is 0 Å². The molecular formula is C57H101NO3. The maximum Gasteiger partial charge on any atom is 0.220 e. The highest BCUT2D eigenvalue weighted by Gasteiger charge is 2.20. The van der Waals surface area contributed by atoms with Gasteiger partial charge in [0.2, 0.25) is 5.91 Å². The van der Waals surface area contributed by atoms with E-state index < -0.39 is 12.1 Å². The predicted octanol–water partition coefficient (Wildman–Crippen LogP) is 17.2. The highest BCUT2D eigenvalue weighted by Crippen LogP contribution is 2.16. The minimum Gasteiger partial charge on any atom is -0.394 e. The van der Waals surface area contributed by atoms with Gasteiger partial charge in [0, 0.05) is 6.42 Å². The molecule has 0 saturated heterocycles. The summed E-state index contributed by atoms with van der Waals surface area (Å²) < 4.78 is 0. The van der Waals surface area contributed by atoms with Crippen LogP contribution in [0.3, 0.4) is 0 Å². The number of carbonyl (C=O) groups is 1. The third-order valence-electron chi connectivity index (χ3n) is 11.7. The Labute approximate surface area is 380 Å². The van der Waals surface area contributed by atoms with Crippen LogP contribution in [-0.2, 0) is 4.79 Å². The van der Waals surface area contributed by atoms with Gasteiger partial charge in [-0.25, -0.2) is 0 Å². The van der Waals surface area contributed by atoms with Crippen molar-refractivity contribution in [2.45, 2.75) is 264 Å². The van der Waals surface area contributed by atoms with Gasteiger partial charge in [-0.2, -0.15) is 0 Å². The third kappa shape index (κ3) is 48.5. The van der Waals surface area contributed by atoms with Crippen LogP contribution in [-0.4, -0.2) is 34.9 Å². The number of amides is 1. The summed E-state index contributed by atoms with van der Waals surface area (Å²) in [6.07, 6.45) is 75.4. The summed E-state index contributed by atoms with van der Waals surface area (Å²) in [4.78, 5) is 12.5. The monoisotopic (exact) mass is 848 g/mol. The van der Waals surface area contributed by atoms with Crippen LogP contribution in [0.5, 0.6) is 0 Å². The molecule has 0 heterocycles. The maximum absolute atomic E-state index is 12.5. The van der Waals surface area contributed by atoms with Crippen LogP contribution >= 0.6 is 0 Å². The minimum absolute atomic E-state index is 0.0366. The second kappa shape index (κ2) is 51.9. The first-order valence-corrected chi connectivity index (χ1v) is 26.3. The summed E-state index contributed by atoms with van der Waals surface area (Å²) in [5.41, 5.74) is 0. The number of hydrogen-bond acceptors (Lipinski definition) is 3. The van der Waals surface area contributed by atoms with Crippen LogP contribution in [0.25, 0.3) is 0 Å². The molecule has 0 aliphatic heterocycles. The average Bonchev–Trinajstić information content (AvgIpc) is 3.26. The summed E-state index contributed by atoms with van der Waals surface area (Å²) in [7, 11) is 0. The first-order valence-electron chi connectivity index (χ1n) is 26.3. The van der Waals surface area contributed by atoms with E-state index in [0.29, 0.717) is 12.8 Å². The van der Waals surface area contributed by atoms with Gasteiger partial charge in [-0.3, -0.25) is 4.79 Å². The van der Waals surface area contributed by atoms with Crippen molar-refractivity contribution in [3.05, 3.63) is 85.1 Å². The van der Waals surface area contributed by atoms with Gasteiger partial charge in [-0.1, -0.05) is 259 Å². The Balaban J connectivity index is 3.54. The lowest BCUT2D eigenvalue weighted by Gasteiger charge is -2.22. The molecule has 0 bridgehead atoms. The molecule has 0 saturated carbocycles. The highest BCUT2D eigenvalue weighted by molar-refractivity contribution is 5.76. The van der Waals surface area contributed by atoms with Gasteiger partial charge in [0.1, 0.15) is 0 Å². The maximum atomic E-state index is 12.5. The standard InChI is InChI=1S/C57H101NO3/c1-3-5-7-9-11-13-15-17-19-21-22-23-24-25-26-27-28-29-30-31-32-33-34-35-36-37-39-41-43-45-47-49-51-53-57(61)58-55(54-59)56(60)52-50-48-46-44-42-40-38-20-18-16-14-12-10-8-6-4-2/h5,7,11,13,17,19,22-23,25-26,28-29,31-32,55-56,59-60H,3-4,6,8-10,12,14-16,18,20-21,24,27,30,33-54H2,1-2H3,(H,58,61)/b7-5-,13-11-,19-17-,23-22-,26-25-,29-28-,32-31-. The van der Waals surface area contributed by atoms with Gasteiger partial charge in [-0.05, 0) is 70.6 Å². The number of nitrogens with one attached hydrogen (secondary N) is 1. The molecule has 0 fully saturated rings. The first kappa shape index (κ1) is 58.6. The Kier molecular flexibility index (Phi) is 49.8. The zero-order valence-corrected chi connectivity index (χ0v) is 40.4. The smallest absolute Gasteiger partial charge is 0.220 e. The van der Waals surface area contributed by atoms with Crippen LogP contribution < -0.4 is 5.32 Å². The molecule has 1 amide bonds. The lowest BCUT2D eigenvalue weighted by molar-refractivity contribution is -0.123. The molecule has 3 N–H and O–H groups in total. The van der Waals surface area contributed by atoms with Crippen molar-refractivity contribution in [1.29, 1.82) is 0 Å². The van der Waals surface area contributed by atoms with Gasteiger partial charge in [0.15, 0.2) is 0 Å². The Morgan fingerprint density at radius 2 is 0.721 bits per heavy atom. The van der Waals surface area contributed by atoms with E-state index in [-0.39, 0.29) is 12.5 Å². The molecule has 0 aromatic rings. The molecule has 352 valence electrons. The largest absolute Gasteiger partial charge is 0.394 e. The van der Waals surface area contributed by atoms with E-state index in [0.717, 1.165) is 70.6 Å². The van der Waals surface area contributed by atoms with Crippen molar-refractivity contribution in [3.8, 4) is 0 Å². The second-order valence-corrected chi connectivity index (χ2v) is 17.6. The minimum atomic E-state index is -0.665. The van der Waals surface area contributed by atoms with Crippen molar-refractivity contribution in [2.24, 2.45) is 0 Å². The molecular weight excluding hydrogens is 747 g/mol. The third-order valence-corrected chi connectivity index (χ3v) is 11.7. The lowest BCUT2D eigenvalue weighted by atomic mass is 10.0. The molecule has 0 rings (SSSR count). The number of rotatable bonds is 47. The quantitative estimate of drug-likeness (QED) is 0.0422. The molecule has 2 unspecified atom stereocenters. The summed E-state index contributed by atoms with van der Waals surface area (Å²) in [6.45, 7) is 4.25. The molecule has 2 atom stereocenters. The highest BCUT2D eigenvalue weighted by atomic mass is 16.3. The Morgan fingerprint density at radius 3 is 1.08 bits per heavy atom. The topological polar surface area (TPSA) is 69.6 Å². The van der Waals surface area contributed by atoms with Gasteiger partial charge < -0.3 is 15.5 Å². The van der Waals surface area contributed by atoms with E-state index in [2.05, 4.69) is 104 Å². The number of aliphatic hydroxyl groups is 2. The average molecular weight is 848 g/mol. The van der Waals surface area contributed by atoms with Crippen molar-refractivity contribution in [2.75, 3.05) is 6.61 Å². The fraction of sp³-hybridized carbons (Fsp3) is 0.737. The van der Waals surface area contributed by atoms with Crippen molar-refractivity contribution >= 4 is 5.91 Å². The normalized spacial score (nSPS) is 13.6. The van der Waals surface area contributed by atoms with Crippen LogP contribution in [0, 0.1) is 0 Å². The fourth-order valence-electron chi connectivity index (χ4n) is 7.69. The van der Waals surface area contributed by atoms with Gasteiger partial charge in [0.05, 0.1) is 18.8 Å². The number of carbonyl (C=O) groups excluding carboxylic acids is 1. The van der Waals surface area contributed by atoms with Crippen LogP contribution in [0.4, 0.5) is 0 Å². The van der Waals surface area contributed by atoms with E-state index in [1.165, 1.54) is 154 Å².